The van der Waals surface area contributed by atoms with Gasteiger partial charge in [-0.3, -0.25) is 14.4 Å². The van der Waals surface area contributed by atoms with Crippen LogP contribution in [0.3, 0.4) is 0 Å². The van der Waals surface area contributed by atoms with Gasteiger partial charge in [0, 0.05) is 35.6 Å². The zero-order valence-corrected chi connectivity index (χ0v) is 19.0. The van der Waals surface area contributed by atoms with E-state index in [4.69, 9.17) is 0 Å². The Hall–Kier alpha value is -3.93. The average molecular weight is 442 g/mol. The Labute approximate surface area is 193 Å². The monoisotopic (exact) mass is 441 g/mol. The molecule has 0 spiro atoms. The van der Waals surface area contributed by atoms with Crippen LogP contribution < -0.4 is 15.5 Å². The van der Waals surface area contributed by atoms with Gasteiger partial charge in [0.1, 0.15) is 0 Å². The van der Waals surface area contributed by atoms with Crippen LogP contribution in [0.15, 0.2) is 66.7 Å². The summed E-state index contributed by atoms with van der Waals surface area (Å²) in [6.07, 6.45) is 0.160. The summed E-state index contributed by atoms with van der Waals surface area (Å²) >= 11 is 0. The van der Waals surface area contributed by atoms with Crippen molar-refractivity contribution in [1.82, 2.24) is 0 Å². The number of carbonyl (C=O) groups excluding carboxylic acids is 3. The van der Waals surface area contributed by atoms with Gasteiger partial charge < -0.3 is 15.5 Å². The largest absolute Gasteiger partial charge is 0.326 e. The molecule has 6 nitrogen and oxygen atoms in total. The van der Waals surface area contributed by atoms with Gasteiger partial charge in [0.05, 0.1) is 5.92 Å². The Kier molecular flexibility index (Phi) is 6.27. The van der Waals surface area contributed by atoms with Crippen molar-refractivity contribution in [1.29, 1.82) is 0 Å². The zero-order chi connectivity index (χ0) is 23.5. The number of hydrogen-bond acceptors (Lipinski definition) is 3. The van der Waals surface area contributed by atoms with Crippen LogP contribution in [-0.4, -0.2) is 24.3 Å². The Bertz CT molecular complexity index is 1230. The van der Waals surface area contributed by atoms with E-state index in [9.17, 15) is 14.4 Å². The van der Waals surface area contributed by atoms with E-state index in [1.807, 2.05) is 63.2 Å². The highest BCUT2D eigenvalue weighted by Crippen LogP contribution is 2.28. The highest BCUT2D eigenvalue weighted by Gasteiger charge is 2.35. The first kappa shape index (κ1) is 22.3. The molecule has 3 amide bonds. The summed E-state index contributed by atoms with van der Waals surface area (Å²) in [4.78, 5) is 39.9. The van der Waals surface area contributed by atoms with Crippen molar-refractivity contribution in [3.8, 4) is 0 Å². The molecule has 0 radical (unpaired) electrons. The minimum Gasteiger partial charge on any atom is -0.326 e. The van der Waals surface area contributed by atoms with Crippen LogP contribution >= 0.6 is 0 Å². The highest BCUT2D eigenvalue weighted by atomic mass is 16.2. The second-order valence-corrected chi connectivity index (χ2v) is 8.53. The molecule has 3 aromatic carbocycles. The summed E-state index contributed by atoms with van der Waals surface area (Å²) in [6.45, 7) is 6.23. The van der Waals surface area contributed by atoms with Crippen molar-refractivity contribution in [2.75, 3.05) is 22.1 Å². The number of hydrogen-bond donors (Lipinski definition) is 2. The Balaban J connectivity index is 1.43. The molecule has 168 valence electrons. The van der Waals surface area contributed by atoms with Gasteiger partial charge >= 0.3 is 0 Å². The summed E-state index contributed by atoms with van der Waals surface area (Å²) in [7, 11) is 0. The van der Waals surface area contributed by atoms with Gasteiger partial charge in [-0.05, 0) is 62.2 Å². The van der Waals surface area contributed by atoms with E-state index in [0.717, 1.165) is 28.1 Å². The van der Waals surface area contributed by atoms with Gasteiger partial charge in [-0.1, -0.05) is 42.0 Å². The molecule has 1 heterocycles. The Morgan fingerprint density at radius 3 is 2.42 bits per heavy atom. The van der Waals surface area contributed by atoms with Crippen molar-refractivity contribution in [3.63, 3.8) is 0 Å². The summed E-state index contributed by atoms with van der Waals surface area (Å²) in [6, 6.07) is 20.3. The van der Waals surface area contributed by atoms with Gasteiger partial charge in [0.2, 0.25) is 11.8 Å². The molecule has 0 saturated carbocycles. The van der Waals surface area contributed by atoms with E-state index in [2.05, 4.69) is 10.6 Å². The van der Waals surface area contributed by atoms with Crippen LogP contribution in [0, 0.1) is 26.7 Å². The number of rotatable bonds is 5. The smallest absolute Gasteiger partial charge is 0.255 e. The molecule has 1 saturated heterocycles. The summed E-state index contributed by atoms with van der Waals surface area (Å²) in [5.41, 5.74) is 5.66. The second kappa shape index (κ2) is 9.28. The lowest BCUT2D eigenvalue weighted by atomic mass is 10.1. The number of benzene rings is 3. The van der Waals surface area contributed by atoms with Crippen LogP contribution in [0.1, 0.15) is 33.5 Å². The van der Waals surface area contributed by atoms with Gasteiger partial charge in [-0.2, -0.15) is 0 Å². The van der Waals surface area contributed by atoms with Crippen molar-refractivity contribution >= 4 is 34.8 Å². The second-order valence-electron chi connectivity index (χ2n) is 8.53. The highest BCUT2D eigenvalue weighted by molar-refractivity contribution is 6.07. The van der Waals surface area contributed by atoms with Gasteiger partial charge in [0.25, 0.3) is 5.91 Å². The molecule has 0 aliphatic carbocycles. The topological polar surface area (TPSA) is 78.5 Å². The third-order valence-electron chi connectivity index (χ3n) is 5.92. The van der Waals surface area contributed by atoms with Crippen LogP contribution in [0.4, 0.5) is 17.1 Å². The lowest BCUT2D eigenvalue weighted by Crippen LogP contribution is -2.28. The lowest BCUT2D eigenvalue weighted by Gasteiger charge is -2.19. The average Bonchev–Trinajstić information content (AvgIpc) is 3.17. The van der Waals surface area contributed by atoms with E-state index in [1.165, 1.54) is 0 Å². The van der Waals surface area contributed by atoms with Gasteiger partial charge in [-0.25, -0.2) is 0 Å². The standard InChI is InChI=1S/C27H27N3O3/c1-17-11-12-23(19(3)13-17)29-26(32)20-8-6-9-22(14-20)28-27(33)21-15-25(31)30(16-21)24-10-5-4-7-18(24)2/h4-14,21H,15-16H2,1-3H3,(H,28,33)(H,29,32)/t21-/m1/s1. The maximum Gasteiger partial charge on any atom is 0.255 e. The van der Waals surface area contributed by atoms with E-state index in [1.54, 1.807) is 29.2 Å². The maximum atomic E-state index is 12.9. The molecule has 6 heteroatoms. The van der Waals surface area contributed by atoms with Crippen molar-refractivity contribution in [2.24, 2.45) is 5.92 Å². The van der Waals surface area contributed by atoms with Crippen LogP contribution in [0.25, 0.3) is 0 Å². The molecule has 1 fully saturated rings. The number of amides is 3. The maximum absolute atomic E-state index is 12.9. The predicted octanol–water partition coefficient (Wildman–Crippen LogP) is 4.86. The Morgan fingerprint density at radius 2 is 1.67 bits per heavy atom. The number of nitrogens with zero attached hydrogens (tertiary/aromatic N) is 1. The van der Waals surface area contributed by atoms with Crippen molar-refractivity contribution in [2.45, 2.75) is 27.2 Å². The molecule has 0 aromatic heterocycles. The third kappa shape index (κ3) is 4.95. The molecule has 1 aliphatic heterocycles. The number of aryl methyl sites for hydroxylation is 3. The third-order valence-corrected chi connectivity index (χ3v) is 5.92. The minimum atomic E-state index is -0.454. The van der Waals surface area contributed by atoms with Crippen LogP contribution in [0.5, 0.6) is 0 Å². The van der Waals surface area contributed by atoms with Crippen LogP contribution in [-0.2, 0) is 9.59 Å². The molecule has 3 aromatic rings. The lowest BCUT2D eigenvalue weighted by molar-refractivity contribution is -0.122. The molecular weight excluding hydrogens is 414 g/mol. The van der Waals surface area contributed by atoms with E-state index < -0.39 is 5.92 Å². The fourth-order valence-corrected chi connectivity index (χ4v) is 4.11. The van der Waals surface area contributed by atoms with E-state index >= 15 is 0 Å². The van der Waals surface area contributed by atoms with Gasteiger partial charge in [-0.15, -0.1) is 0 Å². The molecule has 0 unspecified atom stereocenters. The molecule has 1 atom stereocenters. The quantitative estimate of drug-likeness (QED) is 0.594. The first-order valence-corrected chi connectivity index (χ1v) is 11.0. The molecule has 1 aliphatic rings. The normalized spacial score (nSPS) is 15.4. The molecule has 2 N–H and O–H groups in total. The van der Waals surface area contributed by atoms with Crippen LogP contribution in [0.2, 0.25) is 0 Å². The molecule has 33 heavy (non-hydrogen) atoms. The Morgan fingerprint density at radius 1 is 0.879 bits per heavy atom. The first-order chi connectivity index (χ1) is 15.8. The van der Waals surface area contributed by atoms with E-state index in [-0.39, 0.29) is 24.1 Å². The first-order valence-electron chi connectivity index (χ1n) is 11.0. The number of carbonyl (C=O) groups is 3. The number of anilines is 3. The molecular formula is C27H27N3O3. The summed E-state index contributed by atoms with van der Waals surface area (Å²) in [5, 5.41) is 5.79. The summed E-state index contributed by atoms with van der Waals surface area (Å²) < 4.78 is 0. The molecule has 4 rings (SSSR count). The predicted molar refractivity (Wildman–Crippen MR) is 131 cm³/mol. The van der Waals surface area contributed by atoms with Crippen molar-refractivity contribution in [3.05, 3.63) is 89.0 Å². The summed E-state index contributed by atoms with van der Waals surface area (Å²) in [5.74, 6) is -0.998. The zero-order valence-electron chi connectivity index (χ0n) is 19.0. The fourth-order valence-electron chi connectivity index (χ4n) is 4.11. The number of nitrogens with one attached hydrogen (secondary N) is 2. The minimum absolute atomic E-state index is 0.0638. The molecule has 0 bridgehead atoms. The van der Waals surface area contributed by atoms with Crippen molar-refractivity contribution < 1.29 is 14.4 Å². The number of para-hydroxylation sites is 1. The SMILES string of the molecule is Cc1ccc(NC(=O)c2cccc(NC(=O)[C@@H]3CC(=O)N(c4ccccc4C)C3)c2)c(C)c1. The van der Waals surface area contributed by atoms with E-state index in [0.29, 0.717) is 17.8 Å². The van der Waals surface area contributed by atoms with Gasteiger partial charge in [0.15, 0.2) is 0 Å². The fraction of sp³-hybridized carbons (Fsp3) is 0.222.